The zero-order valence-electron chi connectivity index (χ0n) is 12.9. The summed E-state index contributed by atoms with van der Waals surface area (Å²) in [5.41, 5.74) is 1.99. The minimum atomic E-state index is -4.32. The number of halogens is 3. The minimum Gasteiger partial charge on any atom is -0.392 e. The topological polar surface area (TPSA) is 32.3 Å². The lowest BCUT2D eigenvalue weighted by Crippen LogP contribution is -2.07. The third-order valence-corrected chi connectivity index (χ3v) is 3.23. The predicted octanol–water partition coefficient (Wildman–Crippen LogP) is 4.78. The first-order valence-electron chi connectivity index (χ1n) is 7.16. The molecule has 0 aromatic heterocycles. The highest BCUT2D eigenvalue weighted by Crippen LogP contribution is 2.30. The van der Waals surface area contributed by atoms with E-state index in [1.54, 1.807) is 12.1 Å². The van der Waals surface area contributed by atoms with Crippen LogP contribution in [0.1, 0.15) is 32.3 Å². The Labute approximate surface area is 129 Å². The molecule has 22 heavy (non-hydrogen) atoms. The van der Waals surface area contributed by atoms with Gasteiger partial charge in [0.05, 0.1) is 12.2 Å². The van der Waals surface area contributed by atoms with Gasteiger partial charge >= 0.3 is 6.18 Å². The van der Waals surface area contributed by atoms with Gasteiger partial charge in [0.15, 0.2) is 0 Å². The van der Waals surface area contributed by atoms with Gasteiger partial charge in [-0.25, -0.2) is 0 Å². The summed E-state index contributed by atoms with van der Waals surface area (Å²) >= 11 is 0. The van der Waals surface area contributed by atoms with Crippen LogP contribution in [0, 0.1) is 0 Å². The van der Waals surface area contributed by atoms with Gasteiger partial charge in [-0.05, 0) is 44.9 Å². The second kappa shape index (κ2) is 8.63. The Kier molecular flexibility index (Phi) is 7.18. The molecule has 0 unspecified atom stereocenters. The molecule has 1 aromatic carbocycles. The molecule has 0 bridgehead atoms. The van der Waals surface area contributed by atoms with E-state index in [1.807, 2.05) is 13.8 Å². The van der Waals surface area contributed by atoms with E-state index in [4.69, 9.17) is 5.11 Å². The van der Waals surface area contributed by atoms with E-state index in [-0.39, 0.29) is 6.61 Å². The molecule has 2 N–H and O–H groups in total. The van der Waals surface area contributed by atoms with Crippen molar-refractivity contribution in [2.24, 2.45) is 0 Å². The Hall–Kier alpha value is -1.75. The first-order valence-corrected chi connectivity index (χ1v) is 7.16. The maximum Gasteiger partial charge on any atom is 0.416 e. The molecule has 122 valence electrons. The van der Waals surface area contributed by atoms with Gasteiger partial charge in [0.2, 0.25) is 0 Å². The third kappa shape index (κ3) is 6.80. The Morgan fingerprint density at radius 2 is 1.91 bits per heavy atom. The molecule has 0 saturated heterocycles. The highest BCUT2D eigenvalue weighted by molar-refractivity contribution is 5.47. The summed E-state index contributed by atoms with van der Waals surface area (Å²) in [5.74, 6) is 0. The summed E-state index contributed by atoms with van der Waals surface area (Å²) in [6.07, 6.45) is 1.21. The number of hydrogen-bond donors (Lipinski definition) is 2. The average Bonchev–Trinajstić information content (AvgIpc) is 2.45. The Balaban J connectivity index is 2.50. The summed E-state index contributed by atoms with van der Waals surface area (Å²) in [6.45, 7) is 4.45. The molecule has 1 aromatic rings. The molecule has 0 aliphatic heterocycles. The molecule has 2 nitrogen and oxygen atoms in total. The fourth-order valence-corrected chi connectivity index (χ4v) is 1.92. The van der Waals surface area contributed by atoms with E-state index in [0.29, 0.717) is 12.2 Å². The predicted molar refractivity (Wildman–Crippen MR) is 83.8 cm³/mol. The lowest BCUT2D eigenvalue weighted by atomic mass is 10.1. The van der Waals surface area contributed by atoms with Crippen molar-refractivity contribution in [1.82, 2.24) is 0 Å². The van der Waals surface area contributed by atoms with Gasteiger partial charge < -0.3 is 10.4 Å². The summed E-state index contributed by atoms with van der Waals surface area (Å²) in [6, 6.07) is 5.19. The first kappa shape index (κ1) is 18.3. The number of hydrogen-bond acceptors (Lipinski definition) is 2. The quantitative estimate of drug-likeness (QED) is 0.710. The maximum absolute atomic E-state index is 12.6. The zero-order valence-corrected chi connectivity index (χ0v) is 12.9. The van der Waals surface area contributed by atoms with Crippen LogP contribution in [0.15, 0.2) is 47.6 Å². The van der Waals surface area contributed by atoms with Gasteiger partial charge in [0.1, 0.15) is 0 Å². The highest BCUT2D eigenvalue weighted by atomic mass is 19.4. The number of benzene rings is 1. The fourth-order valence-electron chi connectivity index (χ4n) is 1.92. The molecular formula is C17H22F3NO. The van der Waals surface area contributed by atoms with E-state index in [9.17, 15) is 13.2 Å². The molecule has 1 rings (SSSR count). The molecule has 0 aliphatic carbocycles. The van der Waals surface area contributed by atoms with E-state index in [0.717, 1.165) is 36.1 Å². The smallest absolute Gasteiger partial charge is 0.392 e. The second-order valence-corrected chi connectivity index (χ2v) is 5.25. The SMILES string of the molecule is C/C(=C\CO)CC/C=C(\C)CNc1cccc(C(F)(F)F)c1. The van der Waals surface area contributed by atoms with Gasteiger partial charge in [0, 0.05) is 12.2 Å². The molecule has 0 spiro atoms. The van der Waals surface area contributed by atoms with Crippen LogP contribution < -0.4 is 5.32 Å². The highest BCUT2D eigenvalue weighted by Gasteiger charge is 2.30. The van der Waals surface area contributed by atoms with E-state index < -0.39 is 11.7 Å². The number of nitrogens with one attached hydrogen (secondary N) is 1. The van der Waals surface area contributed by atoms with Gasteiger partial charge in [0.25, 0.3) is 0 Å². The number of alkyl halides is 3. The largest absolute Gasteiger partial charge is 0.416 e. The van der Waals surface area contributed by atoms with Crippen LogP contribution in [0.25, 0.3) is 0 Å². The molecular weight excluding hydrogens is 291 g/mol. The number of rotatable bonds is 7. The number of allylic oxidation sites excluding steroid dienone is 2. The fraction of sp³-hybridized carbons (Fsp3) is 0.412. The second-order valence-electron chi connectivity index (χ2n) is 5.25. The summed E-state index contributed by atoms with van der Waals surface area (Å²) in [4.78, 5) is 0. The monoisotopic (exact) mass is 313 g/mol. The molecule has 0 radical (unpaired) electrons. The van der Waals surface area contributed by atoms with Crippen molar-refractivity contribution in [2.75, 3.05) is 18.5 Å². The summed E-state index contributed by atoms with van der Waals surface area (Å²) in [5, 5.41) is 11.8. The van der Waals surface area contributed by atoms with Gasteiger partial charge in [-0.3, -0.25) is 0 Å². The van der Waals surface area contributed by atoms with E-state index in [1.165, 1.54) is 6.07 Å². The van der Waals surface area contributed by atoms with Gasteiger partial charge in [-0.15, -0.1) is 0 Å². The normalized spacial score (nSPS) is 13.4. The molecule has 0 heterocycles. The van der Waals surface area contributed by atoms with Crippen molar-refractivity contribution < 1.29 is 18.3 Å². The van der Waals surface area contributed by atoms with E-state index in [2.05, 4.69) is 11.4 Å². The number of aliphatic hydroxyl groups is 1. The lowest BCUT2D eigenvalue weighted by Gasteiger charge is -2.11. The Morgan fingerprint density at radius 1 is 1.18 bits per heavy atom. The molecule has 5 heteroatoms. The number of aliphatic hydroxyl groups excluding tert-OH is 1. The van der Waals surface area contributed by atoms with Crippen molar-refractivity contribution >= 4 is 5.69 Å². The molecule has 0 amide bonds. The van der Waals surface area contributed by atoms with Crippen molar-refractivity contribution in [1.29, 1.82) is 0 Å². The van der Waals surface area contributed by atoms with Crippen LogP contribution in [0.4, 0.5) is 18.9 Å². The minimum absolute atomic E-state index is 0.0473. The molecule has 0 aliphatic rings. The van der Waals surface area contributed by atoms with Gasteiger partial charge in [-0.1, -0.05) is 29.4 Å². The van der Waals surface area contributed by atoms with Crippen molar-refractivity contribution in [3.63, 3.8) is 0 Å². The molecule has 0 atom stereocenters. The number of anilines is 1. The maximum atomic E-state index is 12.6. The standard InChI is InChI=1S/C17H22F3NO/c1-13(9-10-22)5-3-6-14(2)12-21-16-8-4-7-15(11-16)17(18,19)20/h4,6-9,11,21-22H,3,5,10,12H2,1-2H3/b13-9+,14-6+. The average molecular weight is 313 g/mol. The molecule has 0 saturated carbocycles. The van der Waals surface area contributed by atoms with Crippen molar-refractivity contribution in [3.8, 4) is 0 Å². The van der Waals surface area contributed by atoms with Crippen LogP contribution in [-0.2, 0) is 6.18 Å². The summed E-state index contributed by atoms with van der Waals surface area (Å²) < 4.78 is 37.8. The van der Waals surface area contributed by atoms with Crippen molar-refractivity contribution in [2.45, 2.75) is 32.9 Å². The Morgan fingerprint density at radius 3 is 2.55 bits per heavy atom. The van der Waals surface area contributed by atoms with Crippen LogP contribution in [0.3, 0.4) is 0 Å². The van der Waals surface area contributed by atoms with Crippen molar-refractivity contribution in [3.05, 3.63) is 53.1 Å². The van der Waals surface area contributed by atoms with Crippen LogP contribution in [-0.4, -0.2) is 18.3 Å². The van der Waals surface area contributed by atoms with E-state index >= 15 is 0 Å². The van der Waals surface area contributed by atoms with Crippen LogP contribution >= 0.6 is 0 Å². The van der Waals surface area contributed by atoms with Crippen LogP contribution in [0.2, 0.25) is 0 Å². The molecule has 0 fully saturated rings. The third-order valence-electron chi connectivity index (χ3n) is 3.23. The lowest BCUT2D eigenvalue weighted by molar-refractivity contribution is -0.137. The zero-order chi connectivity index (χ0) is 16.6. The Bertz CT molecular complexity index is 533. The van der Waals surface area contributed by atoms with Crippen LogP contribution in [0.5, 0.6) is 0 Å². The summed E-state index contributed by atoms with van der Waals surface area (Å²) in [7, 11) is 0. The van der Waals surface area contributed by atoms with Gasteiger partial charge in [-0.2, -0.15) is 13.2 Å². The first-order chi connectivity index (χ1) is 10.3.